The van der Waals surface area contributed by atoms with E-state index in [0.29, 0.717) is 29.1 Å². The highest BCUT2D eigenvalue weighted by Gasteiger charge is 2.20. The van der Waals surface area contributed by atoms with Crippen molar-refractivity contribution in [1.82, 2.24) is 5.32 Å². The molecule has 0 aromatic heterocycles. The van der Waals surface area contributed by atoms with Crippen LogP contribution in [0.4, 0.5) is 5.69 Å². The first kappa shape index (κ1) is 18.4. The number of carbonyl (C=O) groups excluding carboxylic acids is 1. The Morgan fingerprint density at radius 3 is 2.63 bits per heavy atom. The number of rotatable bonds is 2. The molecule has 27 heavy (non-hydrogen) atoms. The van der Waals surface area contributed by atoms with Gasteiger partial charge in [0.1, 0.15) is 5.84 Å². The minimum Gasteiger partial charge on any atom is -0.387 e. The van der Waals surface area contributed by atoms with Crippen molar-refractivity contribution < 1.29 is 4.79 Å². The molecule has 0 aliphatic carbocycles. The predicted molar refractivity (Wildman–Crippen MR) is 108 cm³/mol. The topological polar surface area (TPSA) is 91.3 Å². The molecule has 5 heteroatoms. The van der Waals surface area contributed by atoms with E-state index in [4.69, 9.17) is 11.0 Å². The van der Waals surface area contributed by atoms with Crippen LogP contribution < -0.4 is 11.1 Å². The molecule has 3 N–H and O–H groups in total. The normalized spacial score (nSPS) is 13.6. The van der Waals surface area contributed by atoms with Gasteiger partial charge in [0, 0.05) is 23.1 Å². The maximum atomic E-state index is 12.6. The van der Waals surface area contributed by atoms with Gasteiger partial charge in [0.2, 0.25) is 5.91 Å². The number of aliphatic imine (C=N–C) groups is 1. The number of fused-ring (bicyclic) bond motifs is 1. The Bertz CT molecular complexity index is 1000. The zero-order valence-corrected chi connectivity index (χ0v) is 15.7. The van der Waals surface area contributed by atoms with Crippen molar-refractivity contribution >= 4 is 23.5 Å². The van der Waals surface area contributed by atoms with E-state index in [1.54, 1.807) is 6.07 Å². The quantitative estimate of drug-likeness (QED) is 0.852. The molecule has 2 aromatic rings. The number of hydrogen-bond donors (Lipinski definition) is 2. The molecular weight excluding hydrogens is 336 g/mol. The molecule has 0 unspecified atom stereocenters. The third-order valence-corrected chi connectivity index (χ3v) is 4.10. The highest BCUT2D eigenvalue weighted by atomic mass is 16.1. The minimum absolute atomic E-state index is 0.140. The SMILES string of the molecule is CC(C)(C)NC(=O)C1=Cc2ccc(-c3cccc(C#N)c3)cc2N=C(N)C1. The van der Waals surface area contributed by atoms with Crippen LogP contribution in [-0.4, -0.2) is 17.3 Å². The average molecular weight is 358 g/mol. The smallest absolute Gasteiger partial charge is 0.248 e. The lowest BCUT2D eigenvalue weighted by Gasteiger charge is -2.21. The fourth-order valence-corrected chi connectivity index (χ4v) is 2.91. The van der Waals surface area contributed by atoms with Gasteiger partial charge in [-0.1, -0.05) is 24.3 Å². The Labute approximate surface area is 159 Å². The molecule has 0 fully saturated rings. The molecule has 1 heterocycles. The molecule has 136 valence electrons. The summed E-state index contributed by atoms with van der Waals surface area (Å²) in [5, 5.41) is 12.1. The van der Waals surface area contributed by atoms with Crippen molar-refractivity contribution in [3.8, 4) is 17.2 Å². The van der Waals surface area contributed by atoms with E-state index in [-0.39, 0.29) is 11.4 Å². The lowest BCUT2D eigenvalue weighted by molar-refractivity contribution is -0.118. The first-order chi connectivity index (χ1) is 12.7. The summed E-state index contributed by atoms with van der Waals surface area (Å²) < 4.78 is 0. The van der Waals surface area contributed by atoms with E-state index in [1.807, 2.05) is 63.2 Å². The van der Waals surface area contributed by atoms with Crippen molar-refractivity contribution in [3.05, 3.63) is 59.2 Å². The lowest BCUT2D eigenvalue weighted by Crippen LogP contribution is -2.41. The molecular formula is C22H22N4O. The summed E-state index contributed by atoms with van der Waals surface area (Å²) in [7, 11) is 0. The molecule has 1 aliphatic heterocycles. The van der Waals surface area contributed by atoms with Gasteiger partial charge in [-0.2, -0.15) is 5.26 Å². The van der Waals surface area contributed by atoms with Gasteiger partial charge in [-0.05, 0) is 56.2 Å². The molecule has 0 saturated heterocycles. The molecule has 0 bridgehead atoms. The van der Waals surface area contributed by atoms with Gasteiger partial charge in [0.15, 0.2) is 0 Å². The molecule has 0 atom stereocenters. The number of hydrogen-bond acceptors (Lipinski definition) is 4. The maximum absolute atomic E-state index is 12.6. The molecule has 5 nitrogen and oxygen atoms in total. The number of nitrogens with two attached hydrogens (primary N) is 1. The van der Waals surface area contributed by atoms with Crippen molar-refractivity contribution in [2.45, 2.75) is 32.7 Å². The number of nitrogens with zero attached hydrogens (tertiary/aromatic N) is 2. The largest absolute Gasteiger partial charge is 0.387 e. The second kappa shape index (κ2) is 7.08. The third-order valence-electron chi connectivity index (χ3n) is 4.10. The molecule has 2 aromatic carbocycles. The summed E-state index contributed by atoms with van der Waals surface area (Å²) in [5.74, 6) is 0.256. The zero-order valence-electron chi connectivity index (χ0n) is 15.7. The van der Waals surface area contributed by atoms with Crippen molar-refractivity contribution in [2.75, 3.05) is 0 Å². The van der Waals surface area contributed by atoms with Crippen molar-refractivity contribution in [2.24, 2.45) is 10.7 Å². The van der Waals surface area contributed by atoms with Crippen LogP contribution >= 0.6 is 0 Å². The Morgan fingerprint density at radius 2 is 1.93 bits per heavy atom. The van der Waals surface area contributed by atoms with Gasteiger partial charge in [-0.3, -0.25) is 4.79 Å². The van der Waals surface area contributed by atoms with E-state index in [0.717, 1.165) is 16.7 Å². The second-order valence-corrected chi connectivity index (χ2v) is 7.62. The molecule has 3 rings (SSSR count). The first-order valence-electron chi connectivity index (χ1n) is 8.76. The summed E-state index contributed by atoms with van der Waals surface area (Å²) in [6.45, 7) is 5.82. The van der Waals surface area contributed by atoms with Gasteiger partial charge >= 0.3 is 0 Å². The van der Waals surface area contributed by atoms with E-state index in [2.05, 4.69) is 16.4 Å². The highest BCUT2D eigenvalue weighted by Crippen LogP contribution is 2.32. The third kappa shape index (κ3) is 4.42. The lowest BCUT2D eigenvalue weighted by atomic mass is 9.99. The van der Waals surface area contributed by atoms with Gasteiger partial charge in [-0.15, -0.1) is 0 Å². The van der Waals surface area contributed by atoms with Crippen LogP contribution in [0, 0.1) is 11.3 Å². The second-order valence-electron chi connectivity index (χ2n) is 7.62. The Balaban J connectivity index is 2.00. The van der Waals surface area contributed by atoms with E-state index < -0.39 is 0 Å². The zero-order chi connectivity index (χ0) is 19.6. The van der Waals surface area contributed by atoms with Crippen LogP contribution in [0.5, 0.6) is 0 Å². The van der Waals surface area contributed by atoms with Crippen molar-refractivity contribution in [3.63, 3.8) is 0 Å². The van der Waals surface area contributed by atoms with Crippen LogP contribution in [0.1, 0.15) is 38.3 Å². The van der Waals surface area contributed by atoms with Crippen molar-refractivity contribution in [1.29, 1.82) is 5.26 Å². The summed E-state index contributed by atoms with van der Waals surface area (Å²) in [6, 6.07) is 15.4. The van der Waals surface area contributed by atoms with Gasteiger partial charge in [0.05, 0.1) is 17.3 Å². The minimum atomic E-state index is -0.325. The molecule has 0 saturated carbocycles. The van der Waals surface area contributed by atoms with Gasteiger partial charge in [-0.25, -0.2) is 4.99 Å². The number of carbonyl (C=O) groups is 1. The summed E-state index contributed by atoms with van der Waals surface area (Å²) >= 11 is 0. The van der Waals surface area contributed by atoms with Gasteiger partial charge < -0.3 is 11.1 Å². The number of benzene rings is 2. The Hall–Kier alpha value is -3.39. The summed E-state index contributed by atoms with van der Waals surface area (Å²) in [6.07, 6.45) is 2.14. The van der Waals surface area contributed by atoms with Crippen LogP contribution in [0.2, 0.25) is 0 Å². The van der Waals surface area contributed by atoms with Crippen LogP contribution in [0.15, 0.2) is 53.0 Å². The van der Waals surface area contributed by atoms with E-state index >= 15 is 0 Å². The van der Waals surface area contributed by atoms with Gasteiger partial charge in [0.25, 0.3) is 0 Å². The van der Waals surface area contributed by atoms with Crippen LogP contribution in [0.3, 0.4) is 0 Å². The average Bonchev–Trinajstić information content (AvgIpc) is 2.77. The first-order valence-corrected chi connectivity index (χ1v) is 8.76. The van der Waals surface area contributed by atoms with Crippen LogP contribution in [-0.2, 0) is 4.79 Å². The number of amides is 1. The molecule has 1 amide bonds. The standard InChI is InChI=1S/C22H22N4O/c1-22(2,3)26-21(27)18-10-17-8-7-16(11-19(17)25-20(24)12-18)15-6-4-5-14(9-15)13-23/h4-11H,12H2,1-3H3,(H2,24,25)(H,26,27). The predicted octanol–water partition coefficient (Wildman–Crippen LogP) is 3.92. The van der Waals surface area contributed by atoms with Crippen LogP contribution in [0.25, 0.3) is 17.2 Å². The number of nitrogens with one attached hydrogen (secondary N) is 1. The maximum Gasteiger partial charge on any atom is 0.248 e. The molecule has 1 aliphatic rings. The fourth-order valence-electron chi connectivity index (χ4n) is 2.91. The molecule has 0 spiro atoms. The summed E-state index contributed by atoms with van der Waals surface area (Å²) in [5.41, 5.74) is 10.4. The summed E-state index contributed by atoms with van der Waals surface area (Å²) in [4.78, 5) is 17.1. The Morgan fingerprint density at radius 1 is 1.19 bits per heavy atom. The van der Waals surface area contributed by atoms with E-state index in [9.17, 15) is 4.79 Å². The van der Waals surface area contributed by atoms with E-state index in [1.165, 1.54) is 0 Å². The Kier molecular flexibility index (Phi) is 4.83. The molecule has 0 radical (unpaired) electrons. The number of amidine groups is 1. The highest BCUT2D eigenvalue weighted by molar-refractivity contribution is 6.05. The fraction of sp³-hybridized carbons (Fsp3) is 0.227. The monoisotopic (exact) mass is 358 g/mol. The number of nitriles is 1.